The van der Waals surface area contributed by atoms with Crippen LogP contribution in [0.4, 0.5) is 14.5 Å². The zero-order valence-corrected chi connectivity index (χ0v) is 21.7. The highest BCUT2D eigenvalue weighted by atomic mass is 32.1. The van der Waals surface area contributed by atoms with Crippen molar-refractivity contribution >= 4 is 27.8 Å². The third-order valence-corrected chi connectivity index (χ3v) is 7.65. The van der Waals surface area contributed by atoms with Crippen LogP contribution in [0.2, 0.25) is 0 Å². The standard InChI is InChI=1S/C27H28F2N4O2S/c1-14(2)23-25(26(34)30-19-12-13-35-20-9-7-6-8-16(19)20)36-27-21(15(3)31-33(23)27)17-10-11-18(28)24(22(17)29)32(4)5/h6-11,14,19H,12-13H2,1-5H3,(H,30,34)/t19-/m0/s1. The first-order valence-corrected chi connectivity index (χ1v) is 12.7. The molecular formula is C27H28F2N4O2S. The minimum absolute atomic E-state index is 0.0102. The normalized spacial score (nSPS) is 15.2. The number of nitrogens with one attached hydrogen (secondary N) is 1. The number of benzene rings is 2. The number of carbonyl (C=O) groups is 1. The van der Waals surface area contributed by atoms with E-state index < -0.39 is 11.6 Å². The number of halogens is 2. The summed E-state index contributed by atoms with van der Waals surface area (Å²) in [5.74, 6) is -0.715. The molecule has 2 aromatic carbocycles. The predicted octanol–water partition coefficient (Wildman–Crippen LogP) is 6.09. The summed E-state index contributed by atoms with van der Waals surface area (Å²) in [4.78, 5) is 16.2. The number of amides is 1. The molecule has 0 saturated carbocycles. The highest BCUT2D eigenvalue weighted by Crippen LogP contribution is 2.41. The lowest BCUT2D eigenvalue weighted by molar-refractivity contribution is 0.0927. The molecule has 1 amide bonds. The topological polar surface area (TPSA) is 58.9 Å². The van der Waals surface area contributed by atoms with E-state index in [0.29, 0.717) is 34.0 Å². The smallest absolute Gasteiger partial charge is 0.263 e. The minimum Gasteiger partial charge on any atom is -0.493 e. The number of aryl methyl sites for hydroxylation is 1. The van der Waals surface area contributed by atoms with Gasteiger partial charge in [0, 0.05) is 37.2 Å². The number of rotatable bonds is 5. The van der Waals surface area contributed by atoms with Gasteiger partial charge in [-0.15, -0.1) is 11.3 Å². The van der Waals surface area contributed by atoms with Gasteiger partial charge in [0.05, 0.1) is 24.0 Å². The molecule has 0 spiro atoms. The third kappa shape index (κ3) is 3.91. The fraction of sp³-hybridized carbons (Fsp3) is 0.333. The first-order valence-electron chi connectivity index (χ1n) is 11.9. The lowest BCUT2D eigenvalue weighted by atomic mass is 10.0. The molecule has 0 aliphatic carbocycles. The van der Waals surface area contributed by atoms with Crippen LogP contribution in [-0.4, -0.2) is 36.2 Å². The van der Waals surface area contributed by atoms with Crippen LogP contribution in [0.25, 0.3) is 16.0 Å². The quantitative estimate of drug-likeness (QED) is 0.353. The van der Waals surface area contributed by atoms with E-state index in [-0.39, 0.29) is 29.1 Å². The second-order valence-corrected chi connectivity index (χ2v) is 10.5. The van der Waals surface area contributed by atoms with Crippen molar-refractivity contribution in [1.29, 1.82) is 0 Å². The maximum Gasteiger partial charge on any atom is 0.263 e. The van der Waals surface area contributed by atoms with Gasteiger partial charge in [0.1, 0.15) is 27.0 Å². The Kier molecular flexibility index (Phi) is 6.20. The van der Waals surface area contributed by atoms with Crippen molar-refractivity contribution < 1.29 is 18.3 Å². The van der Waals surface area contributed by atoms with Gasteiger partial charge >= 0.3 is 0 Å². The second-order valence-electron chi connectivity index (χ2n) is 9.50. The molecule has 188 valence electrons. The SMILES string of the molecule is Cc1nn2c(C(C)C)c(C(=O)N[C@H]3CCOc4ccccc43)sc2c1-c1ccc(F)c(N(C)C)c1F. The molecule has 3 heterocycles. The first kappa shape index (κ1) is 24.2. The van der Waals surface area contributed by atoms with Crippen molar-refractivity contribution in [2.75, 3.05) is 25.6 Å². The molecule has 0 bridgehead atoms. The number of aromatic nitrogens is 2. The van der Waals surface area contributed by atoms with Crippen LogP contribution < -0.4 is 15.0 Å². The molecule has 9 heteroatoms. The largest absolute Gasteiger partial charge is 0.493 e. The molecule has 1 aliphatic rings. The highest BCUT2D eigenvalue weighted by molar-refractivity contribution is 7.20. The van der Waals surface area contributed by atoms with E-state index >= 15 is 4.39 Å². The van der Waals surface area contributed by atoms with Crippen LogP contribution in [0.5, 0.6) is 5.75 Å². The molecule has 4 aromatic rings. The molecule has 2 aromatic heterocycles. The average Bonchev–Trinajstić information content (AvgIpc) is 3.34. The average molecular weight is 511 g/mol. The summed E-state index contributed by atoms with van der Waals surface area (Å²) in [6.45, 7) is 6.33. The number of anilines is 1. The summed E-state index contributed by atoms with van der Waals surface area (Å²) in [7, 11) is 3.20. The maximum absolute atomic E-state index is 15.5. The monoisotopic (exact) mass is 510 g/mol. The van der Waals surface area contributed by atoms with Gasteiger partial charge < -0.3 is 15.0 Å². The van der Waals surface area contributed by atoms with Gasteiger partial charge in [-0.25, -0.2) is 13.3 Å². The molecule has 1 aliphatic heterocycles. The van der Waals surface area contributed by atoms with E-state index in [2.05, 4.69) is 10.4 Å². The number of fused-ring (bicyclic) bond motifs is 2. The van der Waals surface area contributed by atoms with Gasteiger partial charge in [-0.2, -0.15) is 5.10 Å². The van der Waals surface area contributed by atoms with Crippen molar-refractivity contribution in [1.82, 2.24) is 14.9 Å². The first-order chi connectivity index (χ1) is 17.2. The summed E-state index contributed by atoms with van der Waals surface area (Å²) in [6.07, 6.45) is 0.667. The zero-order valence-electron chi connectivity index (χ0n) is 20.9. The van der Waals surface area contributed by atoms with Gasteiger partial charge in [0.2, 0.25) is 0 Å². The number of hydrogen-bond donors (Lipinski definition) is 1. The Hall–Kier alpha value is -3.46. The fourth-order valence-electron chi connectivity index (χ4n) is 4.85. The number of hydrogen-bond acceptors (Lipinski definition) is 5. The summed E-state index contributed by atoms with van der Waals surface area (Å²) in [6, 6.07) is 10.2. The molecule has 0 unspecified atom stereocenters. The molecule has 0 fully saturated rings. The van der Waals surface area contributed by atoms with Gasteiger partial charge in [0.15, 0.2) is 5.82 Å². The van der Waals surface area contributed by atoms with Gasteiger partial charge in [-0.05, 0) is 31.0 Å². The zero-order chi connectivity index (χ0) is 25.7. The molecular weight excluding hydrogens is 482 g/mol. The number of thiazole rings is 1. The van der Waals surface area contributed by atoms with Crippen LogP contribution >= 0.6 is 11.3 Å². The molecule has 6 nitrogen and oxygen atoms in total. The van der Waals surface area contributed by atoms with Gasteiger partial charge in [-0.3, -0.25) is 4.79 Å². The Morgan fingerprint density at radius 2 is 1.97 bits per heavy atom. The number of carbonyl (C=O) groups excluding carboxylic acids is 1. The van der Waals surface area contributed by atoms with Crippen LogP contribution in [0.3, 0.4) is 0 Å². The minimum atomic E-state index is -0.651. The highest BCUT2D eigenvalue weighted by Gasteiger charge is 2.30. The maximum atomic E-state index is 15.5. The predicted molar refractivity (Wildman–Crippen MR) is 138 cm³/mol. The van der Waals surface area contributed by atoms with E-state index in [1.54, 1.807) is 25.5 Å². The van der Waals surface area contributed by atoms with Crippen molar-refractivity contribution in [2.24, 2.45) is 0 Å². The number of para-hydroxylation sites is 1. The van der Waals surface area contributed by atoms with Crippen molar-refractivity contribution in [2.45, 2.75) is 39.2 Å². The molecule has 0 radical (unpaired) electrons. The van der Waals surface area contributed by atoms with Crippen molar-refractivity contribution in [3.8, 4) is 16.9 Å². The van der Waals surface area contributed by atoms with Crippen molar-refractivity contribution in [3.63, 3.8) is 0 Å². The van der Waals surface area contributed by atoms with Gasteiger partial charge in [0.25, 0.3) is 5.91 Å². The number of ether oxygens (including phenoxy) is 1. The van der Waals surface area contributed by atoms with E-state index in [0.717, 1.165) is 17.0 Å². The summed E-state index contributed by atoms with van der Waals surface area (Å²) in [5, 5.41) is 7.86. The Morgan fingerprint density at radius 3 is 2.69 bits per heavy atom. The Morgan fingerprint density at radius 1 is 1.22 bits per heavy atom. The van der Waals surface area contributed by atoms with E-state index in [4.69, 9.17) is 4.74 Å². The lowest BCUT2D eigenvalue weighted by Crippen LogP contribution is -2.32. The van der Waals surface area contributed by atoms with Crippen molar-refractivity contribution in [3.05, 3.63) is 69.9 Å². The molecule has 1 N–H and O–H groups in total. The van der Waals surface area contributed by atoms with Crippen LogP contribution in [-0.2, 0) is 0 Å². The molecule has 0 saturated heterocycles. The van der Waals surface area contributed by atoms with Crippen LogP contribution in [0.15, 0.2) is 36.4 Å². The Bertz CT molecular complexity index is 1470. The summed E-state index contributed by atoms with van der Waals surface area (Å²) in [5.41, 5.74) is 3.04. The Balaban J connectivity index is 1.61. The van der Waals surface area contributed by atoms with E-state index in [1.165, 1.54) is 28.4 Å². The fourth-order valence-corrected chi connectivity index (χ4v) is 6.21. The van der Waals surface area contributed by atoms with Crippen LogP contribution in [0.1, 0.15) is 58.9 Å². The summed E-state index contributed by atoms with van der Waals surface area (Å²) < 4.78 is 37.4. The molecule has 1 atom stereocenters. The lowest BCUT2D eigenvalue weighted by Gasteiger charge is -2.26. The molecule has 5 rings (SSSR count). The van der Waals surface area contributed by atoms with E-state index in [9.17, 15) is 9.18 Å². The second kappa shape index (κ2) is 9.20. The van der Waals surface area contributed by atoms with Crippen LogP contribution in [0, 0.1) is 18.6 Å². The third-order valence-electron chi connectivity index (χ3n) is 6.48. The van der Waals surface area contributed by atoms with Gasteiger partial charge in [-0.1, -0.05) is 32.0 Å². The molecule has 36 heavy (non-hydrogen) atoms. The van der Waals surface area contributed by atoms with E-state index in [1.807, 2.05) is 38.1 Å². The Labute approximate surface area is 212 Å². The number of nitrogens with zero attached hydrogens (tertiary/aromatic N) is 3. The summed E-state index contributed by atoms with van der Waals surface area (Å²) >= 11 is 1.28.